The zero-order chi connectivity index (χ0) is 30.3. The lowest BCUT2D eigenvalue weighted by molar-refractivity contribution is 0.282. The van der Waals surface area contributed by atoms with Gasteiger partial charge >= 0.3 is 0 Å². The summed E-state index contributed by atoms with van der Waals surface area (Å²) in [5, 5.41) is 23.0. The van der Waals surface area contributed by atoms with Crippen LogP contribution in [0.25, 0.3) is 0 Å². The first-order chi connectivity index (χ1) is 19.3. The van der Waals surface area contributed by atoms with Crippen LogP contribution < -0.4 is 20.6 Å². The van der Waals surface area contributed by atoms with Gasteiger partial charge in [-0.1, -0.05) is 29.8 Å². The summed E-state index contributed by atoms with van der Waals surface area (Å²) in [6, 6.07) is 10.4. The van der Waals surface area contributed by atoms with E-state index in [1.54, 1.807) is 18.2 Å². The molecule has 14 heteroatoms. The molecule has 2 aromatic heterocycles. The summed E-state index contributed by atoms with van der Waals surface area (Å²) in [4.78, 5) is 27.3. The monoisotopic (exact) mass is 680 g/mol. The number of nitrogens with zero attached hydrogens (tertiary/aromatic N) is 4. The maximum Gasteiger partial charge on any atom is 0.262 e. The van der Waals surface area contributed by atoms with Gasteiger partial charge in [0.2, 0.25) is 11.8 Å². The minimum absolute atomic E-state index is 0.0562. The highest BCUT2D eigenvalue weighted by atomic mass is 79.9. The number of aromatic nitrogens is 4. The van der Waals surface area contributed by atoms with Crippen LogP contribution in [-0.2, 0) is 34.8 Å². The van der Waals surface area contributed by atoms with Gasteiger partial charge in [0.1, 0.15) is 6.61 Å². The largest absolute Gasteiger partial charge is 0.494 e. The Morgan fingerprint density at radius 3 is 1.90 bits per heavy atom. The van der Waals surface area contributed by atoms with E-state index in [0.29, 0.717) is 20.8 Å². The molecule has 0 fully saturated rings. The maximum atomic E-state index is 13.6. The number of benzene rings is 2. The van der Waals surface area contributed by atoms with Crippen molar-refractivity contribution in [2.75, 3.05) is 7.11 Å². The third-order valence-electron chi connectivity index (χ3n) is 6.83. The molecule has 0 aliphatic carbocycles. The van der Waals surface area contributed by atoms with Crippen LogP contribution in [0.5, 0.6) is 23.3 Å². The molecule has 0 aliphatic rings. The van der Waals surface area contributed by atoms with E-state index in [-0.39, 0.29) is 33.0 Å². The smallest absolute Gasteiger partial charge is 0.262 e. The van der Waals surface area contributed by atoms with Crippen molar-refractivity contribution < 1.29 is 19.7 Å². The summed E-state index contributed by atoms with van der Waals surface area (Å²) >= 11 is 20.4. The third-order valence-corrected chi connectivity index (χ3v) is 8.88. The minimum atomic E-state index is -1.28. The van der Waals surface area contributed by atoms with Crippen LogP contribution in [0.3, 0.4) is 0 Å². The quantitative estimate of drug-likeness (QED) is 0.267. The van der Waals surface area contributed by atoms with Crippen molar-refractivity contribution in [1.82, 2.24) is 18.3 Å². The number of ether oxygens (including phenoxy) is 2. The Hall–Kier alpha value is -3.39. The van der Waals surface area contributed by atoms with E-state index < -0.39 is 28.8 Å². The van der Waals surface area contributed by atoms with Crippen LogP contribution in [-0.4, -0.2) is 35.6 Å². The Bertz CT molecular complexity index is 1850. The average Bonchev–Trinajstić information content (AvgIpc) is 2.96. The zero-order valence-corrected chi connectivity index (χ0v) is 26.6. The molecule has 0 spiro atoms. The van der Waals surface area contributed by atoms with Gasteiger partial charge < -0.3 is 19.7 Å². The summed E-state index contributed by atoms with van der Waals surface area (Å²) in [5.74, 6) is -1.62. The topological polar surface area (TPSA) is 113 Å². The lowest BCUT2D eigenvalue weighted by atomic mass is 9.86. The molecule has 0 atom stereocenters. The van der Waals surface area contributed by atoms with Crippen molar-refractivity contribution >= 4 is 52.0 Å². The summed E-state index contributed by atoms with van der Waals surface area (Å²) in [6.45, 7) is 0.131. The first-order valence-corrected chi connectivity index (χ1v) is 14.0. The molecule has 216 valence electrons. The standard InChI is InChI=1S/C27H26BrClN4O6S2/c1-30-22(34)19(23(35)31(2)26(30)40)18(20-24(36)32(3)27(41)33(4)25(20)37)14-10-15(28)21(17(11-14)38-5)39-12-13-8-6-7-9-16(13)29/h6-11,18,34,36H,12H2,1-5H3. The highest BCUT2D eigenvalue weighted by Crippen LogP contribution is 2.44. The summed E-state index contributed by atoms with van der Waals surface area (Å²) in [7, 11) is 7.33. The number of hydrogen-bond acceptors (Lipinski definition) is 8. The van der Waals surface area contributed by atoms with Crippen molar-refractivity contribution in [2.24, 2.45) is 28.2 Å². The molecule has 0 aliphatic heterocycles. The summed E-state index contributed by atoms with van der Waals surface area (Å²) < 4.78 is 17.1. The van der Waals surface area contributed by atoms with E-state index in [0.717, 1.165) is 5.56 Å². The van der Waals surface area contributed by atoms with Crippen LogP contribution >= 0.6 is 52.0 Å². The number of hydrogen-bond donors (Lipinski definition) is 2. The van der Waals surface area contributed by atoms with Gasteiger partial charge in [0.05, 0.1) is 28.6 Å². The van der Waals surface area contributed by atoms with Crippen LogP contribution in [0.4, 0.5) is 0 Å². The van der Waals surface area contributed by atoms with E-state index in [2.05, 4.69) is 15.9 Å². The van der Waals surface area contributed by atoms with Crippen LogP contribution in [0.2, 0.25) is 5.02 Å². The predicted octanol–water partition coefficient (Wildman–Crippen LogP) is 4.81. The van der Waals surface area contributed by atoms with Crippen LogP contribution in [0.15, 0.2) is 50.5 Å². The number of rotatable bonds is 7. The second-order valence-electron chi connectivity index (χ2n) is 9.23. The van der Waals surface area contributed by atoms with Crippen molar-refractivity contribution in [3.8, 4) is 23.3 Å². The molecule has 41 heavy (non-hydrogen) atoms. The van der Waals surface area contributed by atoms with E-state index in [1.165, 1.54) is 53.6 Å². The predicted molar refractivity (Wildman–Crippen MR) is 164 cm³/mol. The summed E-state index contributed by atoms with van der Waals surface area (Å²) in [5.41, 5.74) is -0.612. The molecule has 2 N–H and O–H groups in total. The molecular weight excluding hydrogens is 656 g/mol. The molecule has 2 aromatic carbocycles. The molecular formula is C27H26BrClN4O6S2. The molecule has 0 saturated carbocycles. The van der Waals surface area contributed by atoms with Crippen LogP contribution in [0, 0.1) is 9.54 Å². The highest BCUT2D eigenvalue weighted by Gasteiger charge is 2.33. The Morgan fingerprint density at radius 2 is 1.41 bits per heavy atom. The molecule has 0 bridgehead atoms. The van der Waals surface area contributed by atoms with Gasteiger partial charge in [-0.2, -0.15) is 0 Å². The Balaban J connectivity index is 2.04. The second kappa shape index (κ2) is 11.8. The first kappa shape index (κ1) is 30.6. The molecule has 0 radical (unpaired) electrons. The highest BCUT2D eigenvalue weighted by molar-refractivity contribution is 9.10. The molecule has 4 rings (SSSR count). The van der Waals surface area contributed by atoms with E-state index in [1.807, 2.05) is 18.2 Å². The Kier molecular flexibility index (Phi) is 8.83. The number of halogens is 2. The Morgan fingerprint density at radius 1 is 0.902 bits per heavy atom. The molecule has 4 aromatic rings. The fourth-order valence-corrected chi connectivity index (χ4v) is 5.62. The van der Waals surface area contributed by atoms with E-state index in [9.17, 15) is 19.8 Å². The van der Waals surface area contributed by atoms with Gasteiger partial charge in [-0.15, -0.1) is 0 Å². The van der Waals surface area contributed by atoms with Gasteiger partial charge in [-0.3, -0.25) is 27.9 Å². The lowest BCUT2D eigenvalue weighted by Gasteiger charge is -2.24. The molecule has 0 unspecified atom stereocenters. The molecule has 0 amide bonds. The minimum Gasteiger partial charge on any atom is -0.494 e. The van der Waals surface area contributed by atoms with Gasteiger partial charge in [0.15, 0.2) is 21.0 Å². The van der Waals surface area contributed by atoms with Crippen molar-refractivity contribution in [3.05, 3.63) is 98.4 Å². The zero-order valence-electron chi connectivity index (χ0n) is 22.6. The van der Waals surface area contributed by atoms with E-state index >= 15 is 0 Å². The third kappa shape index (κ3) is 5.34. The fourth-order valence-electron chi connectivity index (χ4n) is 4.51. The van der Waals surface area contributed by atoms with Crippen LogP contribution in [0.1, 0.15) is 28.2 Å². The van der Waals surface area contributed by atoms with Gasteiger partial charge in [0.25, 0.3) is 11.1 Å². The lowest BCUT2D eigenvalue weighted by Crippen LogP contribution is -2.33. The van der Waals surface area contributed by atoms with Gasteiger partial charge in [-0.25, -0.2) is 0 Å². The van der Waals surface area contributed by atoms with Crippen molar-refractivity contribution in [3.63, 3.8) is 0 Å². The van der Waals surface area contributed by atoms with Crippen molar-refractivity contribution in [1.29, 1.82) is 0 Å². The summed E-state index contributed by atoms with van der Waals surface area (Å²) in [6.07, 6.45) is 0. The molecule has 10 nitrogen and oxygen atoms in total. The van der Waals surface area contributed by atoms with Crippen molar-refractivity contribution in [2.45, 2.75) is 12.5 Å². The Labute approximate surface area is 258 Å². The second-order valence-corrected chi connectivity index (χ2v) is 11.2. The van der Waals surface area contributed by atoms with Gasteiger partial charge in [-0.05, 0) is 64.1 Å². The SMILES string of the molecule is COc1cc(C(c2c(O)n(C)c(=S)n(C)c2=O)c2c(O)n(C)c(=S)n(C)c2=O)cc(Br)c1OCc1ccccc1Cl. The fraction of sp³-hybridized carbons (Fsp3) is 0.259. The molecule has 0 saturated heterocycles. The first-order valence-electron chi connectivity index (χ1n) is 12.0. The van der Waals surface area contributed by atoms with E-state index in [4.69, 9.17) is 45.5 Å². The number of aromatic hydroxyl groups is 2. The maximum absolute atomic E-state index is 13.6. The van der Waals surface area contributed by atoms with Gasteiger partial charge in [0, 0.05) is 38.8 Å². The number of methoxy groups -OCH3 is 1. The molecule has 2 heterocycles. The average molecular weight is 682 g/mol. The normalized spacial score (nSPS) is 11.2.